The number of rotatable bonds is 5. The molecule has 104 valence electrons. The third kappa shape index (κ3) is 3.18. The minimum absolute atomic E-state index is 0.121. The summed E-state index contributed by atoms with van der Waals surface area (Å²) in [5, 5.41) is 0. The highest BCUT2D eigenvalue weighted by atomic mass is 32.2. The number of nitrogens with two attached hydrogens (primary N) is 1. The van der Waals surface area contributed by atoms with Crippen LogP contribution >= 0.6 is 11.8 Å². The third-order valence-corrected chi connectivity index (χ3v) is 4.77. The van der Waals surface area contributed by atoms with Gasteiger partial charge in [0.1, 0.15) is 0 Å². The molecule has 2 N–H and O–H groups in total. The van der Waals surface area contributed by atoms with Gasteiger partial charge in [0.15, 0.2) is 11.6 Å². The van der Waals surface area contributed by atoms with E-state index in [2.05, 4.69) is 4.74 Å². The lowest BCUT2D eigenvalue weighted by Gasteiger charge is -2.14. The number of methoxy groups -OCH3 is 1. The molecular weight excluding hydrogens is 272 g/mol. The normalized spacial score (nSPS) is 16.2. The smallest absolute Gasteiger partial charge is 0.306 e. The summed E-state index contributed by atoms with van der Waals surface area (Å²) in [5.74, 6) is -1.56. The molecule has 0 spiro atoms. The molecule has 1 aromatic rings. The van der Waals surface area contributed by atoms with E-state index in [-0.39, 0.29) is 22.0 Å². The van der Waals surface area contributed by atoms with Crippen LogP contribution in [0.25, 0.3) is 0 Å². The lowest BCUT2D eigenvalue weighted by Crippen LogP contribution is -2.13. The molecule has 19 heavy (non-hydrogen) atoms. The summed E-state index contributed by atoms with van der Waals surface area (Å²) in [7, 11) is 1.34. The number of hydrogen-bond acceptors (Lipinski definition) is 4. The van der Waals surface area contributed by atoms with Gasteiger partial charge in [0.2, 0.25) is 0 Å². The van der Waals surface area contributed by atoms with Crippen LogP contribution in [0.2, 0.25) is 0 Å². The summed E-state index contributed by atoms with van der Waals surface area (Å²) in [6.45, 7) is 0. The van der Waals surface area contributed by atoms with E-state index in [9.17, 15) is 13.6 Å². The van der Waals surface area contributed by atoms with E-state index in [0.29, 0.717) is 12.2 Å². The van der Waals surface area contributed by atoms with Crippen molar-refractivity contribution in [1.29, 1.82) is 0 Å². The molecule has 0 bridgehead atoms. The van der Waals surface area contributed by atoms with Crippen LogP contribution in [0.15, 0.2) is 17.0 Å². The highest BCUT2D eigenvalue weighted by Crippen LogP contribution is 2.52. The second kappa shape index (κ2) is 5.36. The number of nitrogen functional groups attached to an aromatic ring is 1. The molecule has 1 saturated carbocycles. The summed E-state index contributed by atoms with van der Waals surface area (Å²) in [4.78, 5) is 11.4. The standard InChI is InChI=1S/C13H15F2NO2S/c1-18-10(17)6-13(4-5-13)7-19-12-9(16)3-2-8(14)11(12)15/h2-3H,4-7,16H2,1H3. The zero-order valence-electron chi connectivity index (χ0n) is 10.5. The Morgan fingerprint density at radius 2 is 2.16 bits per heavy atom. The zero-order valence-corrected chi connectivity index (χ0v) is 11.4. The predicted octanol–water partition coefficient (Wildman–Crippen LogP) is 2.98. The Labute approximate surface area is 114 Å². The lowest BCUT2D eigenvalue weighted by atomic mass is 10.1. The topological polar surface area (TPSA) is 52.3 Å². The molecular formula is C13H15F2NO2S. The summed E-state index contributed by atoms with van der Waals surface area (Å²) in [6.07, 6.45) is 2.10. The quantitative estimate of drug-likeness (QED) is 0.514. The average molecular weight is 287 g/mol. The van der Waals surface area contributed by atoms with E-state index >= 15 is 0 Å². The van der Waals surface area contributed by atoms with Crippen molar-refractivity contribution in [2.75, 3.05) is 18.6 Å². The number of thioether (sulfide) groups is 1. The van der Waals surface area contributed by atoms with E-state index in [4.69, 9.17) is 5.73 Å². The first-order valence-corrected chi connectivity index (χ1v) is 6.89. The fraction of sp³-hybridized carbons (Fsp3) is 0.462. The van der Waals surface area contributed by atoms with Gasteiger partial charge in [-0.2, -0.15) is 0 Å². The van der Waals surface area contributed by atoms with Crippen molar-refractivity contribution >= 4 is 23.4 Å². The second-order valence-electron chi connectivity index (χ2n) is 4.82. The van der Waals surface area contributed by atoms with Gasteiger partial charge < -0.3 is 10.5 Å². The van der Waals surface area contributed by atoms with Gasteiger partial charge in [-0.25, -0.2) is 8.78 Å². The predicted molar refractivity (Wildman–Crippen MR) is 69.8 cm³/mol. The Hall–Kier alpha value is -1.30. The zero-order chi connectivity index (χ0) is 14.0. The summed E-state index contributed by atoms with van der Waals surface area (Å²) >= 11 is 1.16. The summed E-state index contributed by atoms with van der Waals surface area (Å²) in [5.41, 5.74) is 5.72. The number of esters is 1. The molecule has 1 aromatic carbocycles. The molecule has 0 aliphatic heterocycles. The molecule has 0 unspecified atom stereocenters. The number of ether oxygens (including phenoxy) is 1. The van der Waals surface area contributed by atoms with Gasteiger partial charge in [-0.3, -0.25) is 4.79 Å². The van der Waals surface area contributed by atoms with Crippen LogP contribution in [0.4, 0.5) is 14.5 Å². The van der Waals surface area contributed by atoms with Crippen LogP contribution in [0.1, 0.15) is 19.3 Å². The largest absolute Gasteiger partial charge is 0.469 e. The van der Waals surface area contributed by atoms with Crippen LogP contribution < -0.4 is 5.73 Å². The van der Waals surface area contributed by atoms with Crippen molar-refractivity contribution in [2.45, 2.75) is 24.2 Å². The van der Waals surface area contributed by atoms with E-state index in [1.54, 1.807) is 0 Å². The highest BCUT2D eigenvalue weighted by molar-refractivity contribution is 7.99. The van der Waals surface area contributed by atoms with E-state index in [0.717, 1.165) is 30.7 Å². The summed E-state index contributed by atoms with van der Waals surface area (Å²) in [6, 6.07) is 2.36. The van der Waals surface area contributed by atoms with Gasteiger partial charge >= 0.3 is 5.97 Å². The molecule has 0 saturated heterocycles. The number of carbonyl (C=O) groups is 1. The molecule has 0 aromatic heterocycles. The Balaban J connectivity index is 2.03. The number of hydrogen-bond donors (Lipinski definition) is 1. The van der Waals surface area contributed by atoms with Gasteiger partial charge in [-0.1, -0.05) is 0 Å². The van der Waals surface area contributed by atoms with Crippen molar-refractivity contribution in [2.24, 2.45) is 5.41 Å². The van der Waals surface area contributed by atoms with Crippen molar-refractivity contribution in [3.8, 4) is 0 Å². The van der Waals surface area contributed by atoms with Crippen LogP contribution in [0, 0.1) is 17.0 Å². The molecule has 3 nitrogen and oxygen atoms in total. The van der Waals surface area contributed by atoms with Crippen LogP contribution in [0.5, 0.6) is 0 Å². The lowest BCUT2D eigenvalue weighted by molar-refractivity contribution is -0.141. The van der Waals surface area contributed by atoms with E-state index < -0.39 is 11.6 Å². The Kier molecular flexibility index (Phi) is 3.99. The summed E-state index contributed by atoms with van der Waals surface area (Å²) < 4.78 is 31.4. The molecule has 6 heteroatoms. The maximum absolute atomic E-state index is 13.6. The number of carbonyl (C=O) groups excluding carboxylic acids is 1. The van der Waals surface area contributed by atoms with Gasteiger partial charge in [-0.15, -0.1) is 11.8 Å². The van der Waals surface area contributed by atoms with Crippen molar-refractivity contribution in [1.82, 2.24) is 0 Å². The number of anilines is 1. The fourth-order valence-corrected chi connectivity index (χ4v) is 3.15. The Bertz CT molecular complexity index is 504. The van der Waals surface area contributed by atoms with E-state index in [1.807, 2.05) is 0 Å². The van der Waals surface area contributed by atoms with Gasteiger partial charge in [0.05, 0.1) is 18.4 Å². The maximum Gasteiger partial charge on any atom is 0.306 e. The maximum atomic E-state index is 13.6. The molecule has 2 rings (SSSR count). The van der Waals surface area contributed by atoms with Gasteiger partial charge in [-0.05, 0) is 30.4 Å². The van der Waals surface area contributed by atoms with Crippen LogP contribution in [0.3, 0.4) is 0 Å². The van der Waals surface area contributed by atoms with Gasteiger partial charge in [0.25, 0.3) is 0 Å². The van der Waals surface area contributed by atoms with Gasteiger partial charge in [0, 0.05) is 11.4 Å². The first-order valence-electron chi connectivity index (χ1n) is 5.90. The van der Waals surface area contributed by atoms with Crippen LogP contribution in [-0.2, 0) is 9.53 Å². The molecule has 1 fully saturated rings. The van der Waals surface area contributed by atoms with Crippen molar-refractivity contribution in [3.63, 3.8) is 0 Å². The minimum Gasteiger partial charge on any atom is -0.469 e. The average Bonchev–Trinajstić information content (AvgIpc) is 3.14. The monoisotopic (exact) mass is 287 g/mol. The number of benzene rings is 1. The van der Waals surface area contributed by atoms with E-state index in [1.165, 1.54) is 13.2 Å². The Morgan fingerprint density at radius 3 is 2.74 bits per heavy atom. The molecule has 1 aliphatic carbocycles. The molecule has 1 aliphatic rings. The molecule has 0 heterocycles. The Morgan fingerprint density at radius 1 is 1.47 bits per heavy atom. The molecule has 0 atom stereocenters. The second-order valence-corrected chi connectivity index (χ2v) is 5.81. The first-order chi connectivity index (χ1) is 8.97. The molecule has 0 radical (unpaired) electrons. The third-order valence-electron chi connectivity index (χ3n) is 3.31. The van der Waals surface area contributed by atoms with Crippen molar-refractivity contribution in [3.05, 3.63) is 23.8 Å². The van der Waals surface area contributed by atoms with Crippen LogP contribution in [-0.4, -0.2) is 18.8 Å². The highest BCUT2D eigenvalue weighted by Gasteiger charge is 2.44. The molecule has 0 amide bonds. The van der Waals surface area contributed by atoms with Crippen molar-refractivity contribution < 1.29 is 18.3 Å². The first kappa shape index (κ1) is 14.1. The SMILES string of the molecule is COC(=O)CC1(CSc2c(N)ccc(F)c2F)CC1. The number of halogens is 2. The minimum atomic E-state index is -0.918. The fourth-order valence-electron chi connectivity index (χ4n) is 1.85.